The van der Waals surface area contributed by atoms with Gasteiger partial charge in [-0.15, -0.1) is 0 Å². The molecule has 0 aliphatic heterocycles. The summed E-state index contributed by atoms with van der Waals surface area (Å²) in [6.45, 7) is 0. The number of rotatable bonds is 4. The van der Waals surface area contributed by atoms with Crippen LogP contribution in [0, 0.1) is 3.57 Å². The molecule has 0 bridgehead atoms. The van der Waals surface area contributed by atoms with E-state index in [-0.39, 0.29) is 0 Å². The van der Waals surface area contributed by atoms with Gasteiger partial charge in [0.2, 0.25) is 0 Å². The molecule has 16 heavy (non-hydrogen) atoms. The molecule has 2 aromatic rings. The van der Waals surface area contributed by atoms with Crippen molar-refractivity contribution in [1.29, 1.82) is 0 Å². The van der Waals surface area contributed by atoms with Gasteiger partial charge in [-0.2, -0.15) is 0 Å². The van der Waals surface area contributed by atoms with E-state index in [0.29, 0.717) is 0 Å². The second-order valence-corrected chi connectivity index (χ2v) is 6.90. The molecule has 82 valence electrons. The van der Waals surface area contributed by atoms with Gasteiger partial charge in [-0.05, 0) is 52.4 Å². The van der Waals surface area contributed by atoms with Crippen molar-refractivity contribution < 1.29 is 0 Å². The van der Waals surface area contributed by atoms with E-state index in [1.165, 1.54) is 14.0 Å². The Morgan fingerprint density at radius 2 is 1.56 bits per heavy atom. The van der Waals surface area contributed by atoms with Gasteiger partial charge in [0.15, 0.2) is 0 Å². The lowest BCUT2D eigenvalue weighted by Crippen LogP contribution is -1.76. The molecular weight excluding hydrogens is 347 g/mol. The lowest BCUT2D eigenvalue weighted by molar-refractivity contribution is 1.42. The number of benzene rings is 2. The summed E-state index contributed by atoms with van der Waals surface area (Å²) in [5.74, 6) is 1.05. The van der Waals surface area contributed by atoms with E-state index < -0.39 is 0 Å². The smallest absolute Gasteiger partial charge is 0.0292 e. The van der Waals surface area contributed by atoms with Crippen LogP contribution in [-0.4, -0.2) is 0 Å². The molecule has 0 aliphatic rings. The van der Waals surface area contributed by atoms with E-state index in [9.17, 15) is 0 Å². The third-order valence-electron chi connectivity index (χ3n) is 2.04. The number of halogens is 1. The van der Waals surface area contributed by atoms with Crippen LogP contribution in [0.3, 0.4) is 0 Å². The highest BCUT2D eigenvalue weighted by Gasteiger charge is 1.96. The van der Waals surface area contributed by atoms with Crippen molar-refractivity contribution in [2.75, 3.05) is 0 Å². The Balaban J connectivity index is 1.82. The molecule has 2 aromatic carbocycles. The maximum atomic E-state index is 2.33. The molecule has 0 amide bonds. The molecule has 3 heteroatoms. The Kier molecular flexibility index (Phi) is 5.06. The van der Waals surface area contributed by atoms with Gasteiger partial charge in [0.1, 0.15) is 0 Å². The summed E-state index contributed by atoms with van der Waals surface area (Å²) >= 11 is 2.33. The standard InChI is InChI=1S/C13H11IS2/c14-12-6-8-13(9-7-12)16-15-10-11-4-2-1-3-5-11/h1-9H,10H2. The summed E-state index contributed by atoms with van der Waals surface area (Å²) in [6, 6.07) is 19.2. The molecule has 0 nitrogen and oxygen atoms in total. The normalized spacial score (nSPS) is 10.3. The molecule has 2 rings (SSSR count). The lowest BCUT2D eigenvalue weighted by atomic mass is 10.2. The van der Waals surface area contributed by atoms with Gasteiger partial charge in [0.25, 0.3) is 0 Å². The zero-order chi connectivity index (χ0) is 11.2. The highest BCUT2D eigenvalue weighted by molar-refractivity contribution is 14.1. The molecule has 0 saturated carbocycles. The fourth-order valence-corrected chi connectivity index (χ4v) is 3.69. The second-order valence-electron chi connectivity index (χ2n) is 3.29. The minimum atomic E-state index is 1.05. The van der Waals surface area contributed by atoms with Gasteiger partial charge in [0, 0.05) is 14.2 Å². The molecule has 0 N–H and O–H groups in total. The van der Waals surface area contributed by atoms with Crippen molar-refractivity contribution in [3.63, 3.8) is 0 Å². The van der Waals surface area contributed by atoms with Crippen molar-refractivity contribution in [3.05, 3.63) is 63.7 Å². The van der Waals surface area contributed by atoms with Crippen molar-refractivity contribution in [2.45, 2.75) is 10.6 Å². The predicted octanol–water partition coefficient (Wildman–Crippen LogP) is 5.23. The first-order valence-electron chi connectivity index (χ1n) is 4.93. The molecule has 0 radical (unpaired) electrons. The Morgan fingerprint density at radius 1 is 0.875 bits per heavy atom. The molecular formula is C13H11IS2. The predicted molar refractivity (Wildman–Crippen MR) is 82.8 cm³/mol. The Morgan fingerprint density at radius 3 is 2.25 bits per heavy atom. The van der Waals surface area contributed by atoms with E-state index in [2.05, 4.69) is 77.2 Å². The molecule has 0 spiro atoms. The van der Waals surface area contributed by atoms with Crippen LogP contribution in [0.25, 0.3) is 0 Å². The first-order chi connectivity index (χ1) is 7.84. The molecule has 0 atom stereocenters. The van der Waals surface area contributed by atoms with E-state index in [1.807, 2.05) is 21.6 Å². The summed E-state index contributed by atoms with van der Waals surface area (Å²) < 4.78 is 1.29. The third-order valence-corrected chi connectivity index (χ3v) is 5.07. The highest BCUT2D eigenvalue weighted by Crippen LogP contribution is 2.33. The third kappa shape index (κ3) is 4.03. The van der Waals surface area contributed by atoms with E-state index in [0.717, 1.165) is 5.75 Å². The Bertz CT molecular complexity index is 425. The maximum Gasteiger partial charge on any atom is 0.0292 e. The van der Waals surface area contributed by atoms with E-state index >= 15 is 0 Å². The van der Waals surface area contributed by atoms with Gasteiger partial charge in [-0.1, -0.05) is 51.9 Å². The molecule has 0 unspecified atom stereocenters. The summed E-state index contributed by atoms with van der Waals surface area (Å²) in [4.78, 5) is 1.32. The topological polar surface area (TPSA) is 0 Å². The summed E-state index contributed by atoms with van der Waals surface area (Å²) in [6.07, 6.45) is 0. The maximum absolute atomic E-state index is 2.33. The monoisotopic (exact) mass is 358 g/mol. The van der Waals surface area contributed by atoms with Crippen LogP contribution in [0.1, 0.15) is 5.56 Å². The lowest BCUT2D eigenvalue weighted by Gasteiger charge is -2.01. The number of hydrogen-bond acceptors (Lipinski definition) is 2. The zero-order valence-electron chi connectivity index (χ0n) is 8.60. The number of hydrogen-bond donors (Lipinski definition) is 0. The first-order valence-corrected chi connectivity index (χ1v) is 8.33. The molecule has 0 aliphatic carbocycles. The van der Waals surface area contributed by atoms with Crippen LogP contribution in [0.4, 0.5) is 0 Å². The van der Waals surface area contributed by atoms with Crippen molar-refractivity contribution in [3.8, 4) is 0 Å². The fraction of sp³-hybridized carbons (Fsp3) is 0.0769. The van der Waals surface area contributed by atoms with Crippen LogP contribution < -0.4 is 0 Å². The van der Waals surface area contributed by atoms with Gasteiger partial charge in [-0.3, -0.25) is 0 Å². The molecule has 0 fully saturated rings. The quantitative estimate of drug-likeness (QED) is 0.542. The Hall–Kier alpha value is -0.130. The van der Waals surface area contributed by atoms with Crippen LogP contribution in [0.5, 0.6) is 0 Å². The average molecular weight is 358 g/mol. The molecule has 0 heterocycles. The second kappa shape index (κ2) is 6.57. The van der Waals surface area contributed by atoms with E-state index in [4.69, 9.17) is 0 Å². The zero-order valence-corrected chi connectivity index (χ0v) is 12.4. The van der Waals surface area contributed by atoms with Crippen LogP contribution in [0.2, 0.25) is 0 Å². The summed E-state index contributed by atoms with van der Waals surface area (Å²) in [7, 11) is 3.72. The van der Waals surface area contributed by atoms with Crippen molar-refractivity contribution in [2.24, 2.45) is 0 Å². The van der Waals surface area contributed by atoms with Crippen molar-refractivity contribution in [1.82, 2.24) is 0 Å². The SMILES string of the molecule is Ic1ccc(SSCc2ccccc2)cc1. The first kappa shape index (κ1) is 12.3. The summed E-state index contributed by atoms with van der Waals surface area (Å²) in [5.41, 5.74) is 1.38. The minimum absolute atomic E-state index is 1.05. The van der Waals surface area contributed by atoms with Crippen LogP contribution >= 0.6 is 44.2 Å². The van der Waals surface area contributed by atoms with Gasteiger partial charge < -0.3 is 0 Å². The van der Waals surface area contributed by atoms with Crippen LogP contribution in [-0.2, 0) is 5.75 Å². The van der Waals surface area contributed by atoms with Crippen molar-refractivity contribution >= 4 is 44.2 Å². The summed E-state index contributed by atoms with van der Waals surface area (Å²) in [5, 5.41) is 0. The average Bonchev–Trinajstić information content (AvgIpc) is 2.33. The van der Waals surface area contributed by atoms with Gasteiger partial charge >= 0.3 is 0 Å². The Labute approximate surface area is 118 Å². The fourth-order valence-electron chi connectivity index (χ4n) is 1.23. The molecule has 0 saturated heterocycles. The van der Waals surface area contributed by atoms with Gasteiger partial charge in [0.05, 0.1) is 0 Å². The minimum Gasteiger partial charge on any atom is -0.0841 e. The highest BCUT2D eigenvalue weighted by atomic mass is 127. The largest absolute Gasteiger partial charge is 0.0841 e. The molecule has 0 aromatic heterocycles. The van der Waals surface area contributed by atoms with E-state index in [1.54, 1.807) is 0 Å². The van der Waals surface area contributed by atoms with Crippen LogP contribution in [0.15, 0.2) is 59.5 Å². The van der Waals surface area contributed by atoms with Gasteiger partial charge in [-0.25, -0.2) is 0 Å².